The molecule has 3 aromatic carbocycles. The Morgan fingerprint density at radius 3 is 2.27 bits per heavy atom. The van der Waals surface area contributed by atoms with E-state index in [2.05, 4.69) is 25.8 Å². The van der Waals surface area contributed by atoms with E-state index in [0.717, 1.165) is 30.3 Å². The van der Waals surface area contributed by atoms with Crippen LogP contribution in [-0.4, -0.2) is 22.1 Å². The minimum atomic E-state index is -4.55. The predicted octanol–water partition coefficient (Wildman–Crippen LogP) is 6.43. The maximum Gasteiger partial charge on any atom is 0.416 e. The van der Waals surface area contributed by atoms with Crippen LogP contribution in [0.5, 0.6) is 0 Å². The standard InChI is InChI=1S/C25H17ClF5N5O/c26-20-11-19(28)10-5-16(20)13-32-24(34-23(37)15-1-6-17(7-2-15)25(29,30)31)33-22-12-21(35-36-22)14-3-8-18(27)9-4-14/h1-12H,13H2,(H3,32,33,34,35,36,37). The number of benzene rings is 3. The third-order valence-corrected chi connectivity index (χ3v) is 5.46. The Morgan fingerprint density at radius 2 is 1.62 bits per heavy atom. The number of guanidine groups is 1. The van der Waals surface area contributed by atoms with Gasteiger partial charge < -0.3 is 10.6 Å². The lowest BCUT2D eigenvalue weighted by Gasteiger charge is -2.12. The number of H-pyrrole nitrogens is 1. The van der Waals surface area contributed by atoms with Gasteiger partial charge in [0.15, 0.2) is 0 Å². The lowest BCUT2D eigenvalue weighted by Crippen LogP contribution is -2.31. The van der Waals surface area contributed by atoms with Crippen molar-refractivity contribution >= 4 is 29.3 Å². The number of alkyl halides is 3. The number of hydrogen-bond acceptors (Lipinski definition) is 2. The lowest BCUT2D eigenvalue weighted by atomic mass is 10.1. The van der Waals surface area contributed by atoms with E-state index in [1.54, 1.807) is 6.07 Å². The number of nitrogens with one attached hydrogen (secondary N) is 3. The molecule has 4 rings (SSSR count). The highest BCUT2D eigenvalue weighted by Crippen LogP contribution is 2.29. The summed E-state index contributed by atoms with van der Waals surface area (Å²) in [5.41, 5.74) is 0.608. The Morgan fingerprint density at radius 1 is 0.946 bits per heavy atom. The molecule has 0 aliphatic rings. The quantitative estimate of drug-likeness (QED) is 0.157. The van der Waals surface area contributed by atoms with Crippen LogP contribution in [0.15, 0.2) is 77.8 Å². The summed E-state index contributed by atoms with van der Waals surface area (Å²) in [5.74, 6) is -1.54. The van der Waals surface area contributed by atoms with Crippen molar-refractivity contribution in [1.82, 2.24) is 15.5 Å². The number of aliphatic imine (C=N–C) groups is 1. The molecule has 0 aliphatic heterocycles. The Labute approximate surface area is 212 Å². The number of anilines is 1. The van der Waals surface area contributed by atoms with Gasteiger partial charge in [0.05, 0.1) is 11.3 Å². The molecular formula is C25H17ClF5N5O. The summed E-state index contributed by atoms with van der Waals surface area (Å²) in [6.45, 7) is 0.0319. The zero-order valence-corrected chi connectivity index (χ0v) is 19.5. The molecule has 0 fully saturated rings. The van der Waals surface area contributed by atoms with Gasteiger partial charge in [0.1, 0.15) is 17.5 Å². The number of rotatable bonds is 5. The monoisotopic (exact) mass is 533 g/mol. The molecule has 37 heavy (non-hydrogen) atoms. The normalized spacial score (nSPS) is 11.9. The van der Waals surface area contributed by atoms with Gasteiger partial charge in [0.2, 0.25) is 5.96 Å². The van der Waals surface area contributed by atoms with Crippen LogP contribution in [0.2, 0.25) is 5.02 Å². The van der Waals surface area contributed by atoms with Crippen molar-refractivity contribution in [3.8, 4) is 11.3 Å². The van der Waals surface area contributed by atoms with E-state index in [-0.39, 0.29) is 23.1 Å². The average molecular weight is 534 g/mol. The number of aromatic nitrogens is 2. The molecule has 1 heterocycles. The van der Waals surface area contributed by atoms with Crippen LogP contribution in [0.1, 0.15) is 21.5 Å². The van der Waals surface area contributed by atoms with Gasteiger partial charge in [-0.05, 0) is 66.2 Å². The molecule has 0 unspecified atom stereocenters. The van der Waals surface area contributed by atoms with Crippen LogP contribution < -0.4 is 10.6 Å². The maximum atomic E-state index is 13.4. The first-order valence-electron chi connectivity index (χ1n) is 10.6. The minimum Gasteiger partial charge on any atom is -0.352 e. The number of aromatic amines is 1. The van der Waals surface area contributed by atoms with Gasteiger partial charge in [-0.1, -0.05) is 17.7 Å². The first-order valence-corrected chi connectivity index (χ1v) is 11.0. The Hall–Kier alpha value is -4.25. The number of amides is 1. The van der Waals surface area contributed by atoms with Crippen LogP contribution >= 0.6 is 11.6 Å². The molecule has 4 aromatic rings. The molecule has 0 spiro atoms. The molecule has 190 valence electrons. The fourth-order valence-electron chi connectivity index (χ4n) is 3.21. The van der Waals surface area contributed by atoms with E-state index in [1.807, 2.05) is 0 Å². The summed E-state index contributed by atoms with van der Waals surface area (Å²) in [4.78, 5) is 16.7. The van der Waals surface area contributed by atoms with Crippen molar-refractivity contribution in [1.29, 1.82) is 0 Å². The minimum absolute atomic E-state index is 0.0319. The molecule has 3 N–H and O–H groups in total. The van der Waals surface area contributed by atoms with E-state index in [1.165, 1.54) is 36.4 Å². The van der Waals surface area contributed by atoms with E-state index in [4.69, 9.17) is 11.6 Å². The van der Waals surface area contributed by atoms with Crippen molar-refractivity contribution in [2.45, 2.75) is 12.7 Å². The van der Waals surface area contributed by atoms with Gasteiger partial charge in [-0.2, -0.15) is 23.3 Å². The summed E-state index contributed by atoms with van der Waals surface area (Å²) in [5, 5.41) is 12.7. The summed E-state index contributed by atoms with van der Waals surface area (Å²) >= 11 is 6.07. The third kappa shape index (κ3) is 6.70. The smallest absolute Gasteiger partial charge is 0.352 e. The first-order chi connectivity index (χ1) is 17.6. The Bertz CT molecular complexity index is 1430. The van der Waals surface area contributed by atoms with Crippen LogP contribution in [0, 0.1) is 11.6 Å². The maximum absolute atomic E-state index is 13.4. The predicted molar refractivity (Wildman–Crippen MR) is 129 cm³/mol. The first kappa shape index (κ1) is 25.8. The van der Waals surface area contributed by atoms with Crippen LogP contribution in [0.4, 0.5) is 27.8 Å². The van der Waals surface area contributed by atoms with E-state index >= 15 is 0 Å². The highest BCUT2D eigenvalue weighted by Gasteiger charge is 2.30. The van der Waals surface area contributed by atoms with Gasteiger partial charge in [0.25, 0.3) is 5.91 Å². The second-order valence-corrected chi connectivity index (χ2v) is 8.14. The summed E-state index contributed by atoms with van der Waals surface area (Å²) < 4.78 is 65.1. The van der Waals surface area contributed by atoms with Crippen LogP contribution in [-0.2, 0) is 12.7 Å². The van der Waals surface area contributed by atoms with Gasteiger partial charge in [-0.25, -0.2) is 8.78 Å². The Balaban J connectivity index is 1.58. The van der Waals surface area contributed by atoms with Crippen molar-refractivity contribution in [2.75, 3.05) is 5.32 Å². The molecule has 1 aromatic heterocycles. The summed E-state index contributed by atoms with van der Waals surface area (Å²) in [7, 11) is 0. The van der Waals surface area contributed by atoms with Crippen molar-refractivity contribution in [3.63, 3.8) is 0 Å². The zero-order chi connectivity index (χ0) is 26.6. The second-order valence-electron chi connectivity index (χ2n) is 7.73. The van der Waals surface area contributed by atoms with E-state index in [9.17, 15) is 26.7 Å². The van der Waals surface area contributed by atoms with E-state index < -0.39 is 29.3 Å². The van der Waals surface area contributed by atoms with Gasteiger partial charge in [0, 0.05) is 28.8 Å². The van der Waals surface area contributed by atoms with E-state index in [0.29, 0.717) is 22.6 Å². The molecular weight excluding hydrogens is 517 g/mol. The van der Waals surface area contributed by atoms with Crippen LogP contribution in [0.3, 0.4) is 0 Å². The number of halogens is 6. The highest BCUT2D eigenvalue weighted by atomic mass is 35.5. The van der Waals surface area contributed by atoms with Gasteiger partial charge >= 0.3 is 6.18 Å². The lowest BCUT2D eigenvalue weighted by molar-refractivity contribution is -0.137. The fraction of sp³-hybridized carbons (Fsp3) is 0.0800. The fourth-order valence-corrected chi connectivity index (χ4v) is 3.44. The molecule has 0 radical (unpaired) electrons. The molecule has 6 nitrogen and oxygen atoms in total. The molecule has 0 atom stereocenters. The van der Waals surface area contributed by atoms with Crippen molar-refractivity contribution in [3.05, 3.63) is 106 Å². The largest absolute Gasteiger partial charge is 0.416 e. The Kier molecular flexibility index (Phi) is 7.53. The van der Waals surface area contributed by atoms with Gasteiger partial charge in [-0.3, -0.25) is 9.89 Å². The third-order valence-electron chi connectivity index (χ3n) is 5.10. The molecule has 0 aliphatic carbocycles. The van der Waals surface area contributed by atoms with Crippen molar-refractivity contribution in [2.24, 2.45) is 4.99 Å². The number of nitrogens with zero attached hydrogens (tertiary/aromatic N) is 2. The number of carbonyl (C=O) groups excluding carboxylic acids is 1. The zero-order valence-electron chi connectivity index (χ0n) is 18.7. The summed E-state index contributed by atoms with van der Waals surface area (Å²) in [6, 6.07) is 14.6. The van der Waals surface area contributed by atoms with Gasteiger partial charge in [-0.15, -0.1) is 0 Å². The summed E-state index contributed by atoms with van der Waals surface area (Å²) in [6.07, 6.45) is -4.55. The average Bonchev–Trinajstić information content (AvgIpc) is 3.31. The van der Waals surface area contributed by atoms with Crippen LogP contribution in [0.25, 0.3) is 11.3 Å². The van der Waals surface area contributed by atoms with Crippen molar-refractivity contribution < 1.29 is 26.7 Å². The SMILES string of the molecule is O=C(/N=C(/NCc1ccc(F)cc1Cl)Nc1cc(-c2ccc(F)cc2)n[nH]1)c1ccc(C(F)(F)F)cc1. The molecule has 12 heteroatoms. The number of carbonyl (C=O) groups is 1. The molecule has 0 saturated heterocycles. The molecule has 0 saturated carbocycles. The highest BCUT2D eigenvalue weighted by molar-refractivity contribution is 6.31. The molecule has 1 amide bonds. The second kappa shape index (κ2) is 10.8. The topological polar surface area (TPSA) is 82.2 Å². The number of hydrogen-bond donors (Lipinski definition) is 3. The molecule has 0 bridgehead atoms.